The number of benzene rings is 1. The number of guanidine groups is 1. The van der Waals surface area contributed by atoms with Gasteiger partial charge in [-0.15, -0.1) is 24.0 Å². The number of aryl methyl sites for hydroxylation is 1. The van der Waals surface area contributed by atoms with Crippen molar-refractivity contribution < 1.29 is 8.42 Å². The van der Waals surface area contributed by atoms with Gasteiger partial charge in [-0.05, 0) is 55.7 Å². The topological polar surface area (TPSA) is 87.8 Å². The highest BCUT2D eigenvalue weighted by molar-refractivity contribution is 14.0. The van der Waals surface area contributed by atoms with Gasteiger partial charge in [0.05, 0.1) is 12.8 Å². The summed E-state index contributed by atoms with van der Waals surface area (Å²) >= 11 is 0. The number of halogens is 1. The third-order valence-electron chi connectivity index (χ3n) is 5.13. The molecule has 0 spiro atoms. The summed E-state index contributed by atoms with van der Waals surface area (Å²) in [5.41, 5.74) is 9.84. The van der Waals surface area contributed by atoms with E-state index in [1.165, 1.54) is 30.2 Å². The minimum absolute atomic E-state index is 0. The number of hydrogen-bond acceptors (Lipinski definition) is 3. The molecule has 0 radical (unpaired) electrons. The van der Waals surface area contributed by atoms with Crippen molar-refractivity contribution in [3.63, 3.8) is 0 Å². The molecule has 26 heavy (non-hydrogen) atoms. The lowest BCUT2D eigenvalue weighted by atomic mass is 9.90. The Morgan fingerprint density at radius 2 is 2.04 bits per heavy atom. The molecule has 8 heteroatoms. The van der Waals surface area contributed by atoms with Gasteiger partial charge in [-0.1, -0.05) is 18.6 Å². The summed E-state index contributed by atoms with van der Waals surface area (Å²) in [4.78, 5) is 4.43. The number of nitrogens with two attached hydrogens (primary N) is 1. The maximum Gasteiger partial charge on any atom is 0.211 e. The smallest absolute Gasteiger partial charge is 0.211 e. The van der Waals surface area contributed by atoms with Crippen LogP contribution in [-0.2, 0) is 22.9 Å². The zero-order valence-corrected chi connectivity index (χ0v) is 18.4. The Morgan fingerprint density at radius 3 is 2.81 bits per heavy atom. The Hall–Kier alpha value is -0.870. The van der Waals surface area contributed by atoms with E-state index < -0.39 is 10.0 Å². The van der Waals surface area contributed by atoms with Crippen LogP contribution in [0, 0.1) is 0 Å². The molecular weight excluding hydrogens is 463 g/mol. The molecule has 1 saturated heterocycles. The highest BCUT2D eigenvalue weighted by Gasteiger charge is 2.29. The third kappa shape index (κ3) is 5.32. The van der Waals surface area contributed by atoms with Gasteiger partial charge in [-0.25, -0.2) is 8.42 Å². The SMILES string of the molecule is CS(=O)(=O)N1CCCCC1CN=C(N)Nc1cccc2c1CCCC2.I. The summed E-state index contributed by atoms with van der Waals surface area (Å²) in [5.74, 6) is 0.359. The first-order chi connectivity index (χ1) is 11.9. The monoisotopic (exact) mass is 492 g/mol. The van der Waals surface area contributed by atoms with Crippen molar-refractivity contribution in [3.8, 4) is 0 Å². The van der Waals surface area contributed by atoms with Crippen LogP contribution in [-0.4, -0.2) is 44.1 Å². The fraction of sp³-hybridized carbons (Fsp3) is 0.611. The molecule has 1 aliphatic carbocycles. The molecule has 6 nitrogen and oxygen atoms in total. The van der Waals surface area contributed by atoms with Gasteiger partial charge < -0.3 is 11.1 Å². The number of anilines is 1. The van der Waals surface area contributed by atoms with E-state index in [2.05, 4.69) is 16.4 Å². The van der Waals surface area contributed by atoms with Crippen LogP contribution in [0.4, 0.5) is 5.69 Å². The van der Waals surface area contributed by atoms with Crippen LogP contribution in [0.3, 0.4) is 0 Å². The van der Waals surface area contributed by atoms with E-state index in [1.54, 1.807) is 4.31 Å². The van der Waals surface area contributed by atoms with Gasteiger partial charge in [-0.3, -0.25) is 4.99 Å². The number of hydrogen-bond donors (Lipinski definition) is 2. The zero-order chi connectivity index (χ0) is 17.9. The van der Waals surface area contributed by atoms with Crippen molar-refractivity contribution in [2.75, 3.05) is 24.7 Å². The first-order valence-electron chi connectivity index (χ1n) is 9.09. The van der Waals surface area contributed by atoms with Gasteiger partial charge in [0, 0.05) is 18.3 Å². The molecule has 0 aromatic heterocycles. The fourth-order valence-electron chi connectivity index (χ4n) is 3.87. The van der Waals surface area contributed by atoms with Crippen molar-refractivity contribution in [1.82, 2.24) is 4.31 Å². The van der Waals surface area contributed by atoms with Gasteiger partial charge in [0.2, 0.25) is 10.0 Å². The maximum atomic E-state index is 11.9. The molecule has 2 aliphatic rings. The summed E-state index contributed by atoms with van der Waals surface area (Å²) in [6.45, 7) is 0.986. The van der Waals surface area contributed by atoms with E-state index >= 15 is 0 Å². The van der Waals surface area contributed by atoms with Crippen molar-refractivity contribution in [2.24, 2.45) is 10.7 Å². The molecule has 1 heterocycles. The van der Waals surface area contributed by atoms with Crippen LogP contribution in [0.25, 0.3) is 0 Å². The van der Waals surface area contributed by atoms with E-state index in [1.807, 2.05) is 12.1 Å². The Balaban J connectivity index is 0.00000243. The molecule has 1 aromatic carbocycles. The first kappa shape index (κ1) is 21.4. The molecule has 0 amide bonds. The van der Waals surface area contributed by atoms with Crippen LogP contribution in [0.15, 0.2) is 23.2 Å². The lowest BCUT2D eigenvalue weighted by Crippen LogP contribution is -2.45. The van der Waals surface area contributed by atoms with Crippen molar-refractivity contribution in [2.45, 2.75) is 51.0 Å². The molecule has 1 fully saturated rings. The number of rotatable bonds is 4. The predicted molar refractivity (Wildman–Crippen MR) is 118 cm³/mol. The molecule has 0 bridgehead atoms. The van der Waals surface area contributed by atoms with Crippen LogP contribution >= 0.6 is 24.0 Å². The van der Waals surface area contributed by atoms with Crippen LogP contribution < -0.4 is 11.1 Å². The summed E-state index contributed by atoms with van der Waals surface area (Å²) in [6, 6.07) is 6.18. The quantitative estimate of drug-likeness (QED) is 0.385. The van der Waals surface area contributed by atoms with Crippen molar-refractivity contribution >= 4 is 45.6 Å². The van der Waals surface area contributed by atoms with E-state index in [0.717, 1.165) is 37.8 Å². The van der Waals surface area contributed by atoms with Crippen molar-refractivity contribution in [1.29, 1.82) is 0 Å². The first-order valence-corrected chi connectivity index (χ1v) is 10.9. The lowest BCUT2D eigenvalue weighted by molar-refractivity contribution is 0.259. The van der Waals surface area contributed by atoms with Crippen molar-refractivity contribution in [3.05, 3.63) is 29.3 Å². The average molecular weight is 492 g/mol. The lowest BCUT2D eigenvalue weighted by Gasteiger charge is -2.32. The molecule has 3 rings (SSSR count). The zero-order valence-electron chi connectivity index (χ0n) is 15.3. The fourth-order valence-corrected chi connectivity index (χ4v) is 5.05. The summed E-state index contributed by atoms with van der Waals surface area (Å²) in [7, 11) is -3.19. The molecule has 1 aliphatic heterocycles. The van der Waals surface area contributed by atoms with Crippen LogP contribution in [0.2, 0.25) is 0 Å². The Morgan fingerprint density at radius 1 is 1.27 bits per heavy atom. The summed E-state index contributed by atoms with van der Waals surface area (Å²) < 4.78 is 25.4. The van der Waals surface area contributed by atoms with Crippen LogP contribution in [0.5, 0.6) is 0 Å². The largest absolute Gasteiger partial charge is 0.370 e. The van der Waals surface area contributed by atoms with E-state index in [0.29, 0.717) is 19.0 Å². The second-order valence-corrected chi connectivity index (χ2v) is 8.96. The molecule has 1 unspecified atom stereocenters. The van der Waals surface area contributed by atoms with Gasteiger partial charge in [0.1, 0.15) is 0 Å². The third-order valence-corrected chi connectivity index (χ3v) is 6.46. The molecule has 3 N–H and O–H groups in total. The maximum absolute atomic E-state index is 11.9. The van der Waals surface area contributed by atoms with E-state index in [-0.39, 0.29) is 30.0 Å². The Bertz CT molecular complexity index is 752. The number of sulfonamides is 1. The number of fused-ring (bicyclic) bond motifs is 1. The minimum Gasteiger partial charge on any atom is -0.370 e. The standard InChI is InChI=1S/C18H28N4O2S.HI/c1-25(23,24)22-12-5-4-9-15(22)13-20-18(19)21-17-11-6-8-14-7-2-3-10-16(14)17;/h6,8,11,15H,2-5,7,9-10,12-13H2,1H3,(H3,19,20,21);1H. The Kier molecular flexibility index (Phi) is 7.72. The van der Waals surface area contributed by atoms with E-state index in [9.17, 15) is 8.42 Å². The number of piperidine rings is 1. The average Bonchev–Trinajstić information content (AvgIpc) is 2.60. The predicted octanol–water partition coefficient (Wildman–Crippen LogP) is 2.72. The molecule has 1 aromatic rings. The molecule has 146 valence electrons. The van der Waals surface area contributed by atoms with Gasteiger partial charge in [0.25, 0.3) is 0 Å². The summed E-state index contributed by atoms with van der Waals surface area (Å²) in [6.07, 6.45) is 8.68. The van der Waals surface area contributed by atoms with Gasteiger partial charge in [-0.2, -0.15) is 4.31 Å². The molecule has 1 atom stereocenters. The van der Waals surface area contributed by atoms with E-state index in [4.69, 9.17) is 5.73 Å². The summed E-state index contributed by atoms with van der Waals surface area (Å²) in [5, 5.41) is 3.22. The highest BCUT2D eigenvalue weighted by Crippen LogP contribution is 2.27. The van der Waals surface area contributed by atoms with Gasteiger partial charge in [0.15, 0.2) is 5.96 Å². The number of nitrogens with one attached hydrogen (secondary N) is 1. The molecule has 0 saturated carbocycles. The normalized spacial score (nSPS) is 21.6. The minimum atomic E-state index is -3.19. The molecular formula is C18H29IN4O2S. The van der Waals surface area contributed by atoms with Gasteiger partial charge >= 0.3 is 0 Å². The van der Waals surface area contributed by atoms with Crippen LogP contribution in [0.1, 0.15) is 43.2 Å². The highest BCUT2D eigenvalue weighted by atomic mass is 127. The Labute approximate surface area is 173 Å². The number of aliphatic imine (C=N–C) groups is 1. The number of nitrogens with zero attached hydrogens (tertiary/aromatic N) is 2. The second-order valence-electron chi connectivity index (χ2n) is 7.02. The second kappa shape index (κ2) is 9.36.